The molecule has 204 valence electrons. The number of benzene rings is 2. The summed E-state index contributed by atoms with van der Waals surface area (Å²) in [6.45, 7) is 11.6. The van der Waals surface area contributed by atoms with E-state index < -0.39 is 21.3 Å². The van der Waals surface area contributed by atoms with E-state index in [1.54, 1.807) is 12.1 Å². The molecule has 0 aliphatic heterocycles. The Balaban J connectivity index is 1.97. The molecule has 2 aromatic carbocycles. The number of aromatic hydroxyl groups is 2. The number of rotatable bonds is 6. The second-order valence-electron chi connectivity index (χ2n) is 11.9. The van der Waals surface area contributed by atoms with Gasteiger partial charge in [-0.2, -0.15) is 0 Å². The van der Waals surface area contributed by atoms with Crippen molar-refractivity contribution < 1.29 is 20.1 Å². The minimum atomic E-state index is -0.604. The lowest BCUT2D eigenvalue weighted by molar-refractivity contribution is -0.386. The first-order valence-electron chi connectivity index (χ1n) is 12.7. The highest BCUT2D eigenvalue weighted by Gasteiger charge is 2.27. The Labute approximate surface area is 222 Å². The van der Waals surface area contributed by atoms with E-state index in [-0.39, 0.29) is 45.4 Å². The van der Waals surface area contributed by atoms with Gasteiger partial charge in [-0.15, -0.1) is 0 Å². The lowest BCUT2D eigenvalue weighted by Crippen LogP contribution is -2.27. The number of nitro benzene ring substituents is 2. The number of phenolic OH excluding ortho intramolecular Hbond substituents is 2. The first kappa shape index (κ1) is 28.7. The largest absolute Gasteiger partial charge is 0.502 e. The van der Waals surface area contributed by atoms with Gasteiger partial charge in [0.1, 0.15) is 0 Å². The van der Waals surface area contributed by atoms with Crippen LogP contribution in [0.3, 0.4) is 0 Å². The van der Waals surface area contributed by atoms with Gasteiger partial charge in [0, 0.05) is 35.7 Å². The summed E-state index contributed by atoms with van der Waals surface area (Å²) in [5.74, 6) is -0.863. The van der Waals surface area contributed by atoms with Crippen molar-refractivity contribution in [2.24, 2.45) is 9.98 Å². The molecule has 2 atom stereocenters. The molecule has 3 rings (SSSR count). The highest BCUT2D eigenvalue weighted by molar-refractivity contribution is 5.87. The minimum absolute atomic E-state index is 0.250. The molecule has 2 N–H and O–H groups in total. The van der Waals surface area contributed by atoms with E-state index in [0.29, 0.717) is 11.1 Å². The fourth-order valence-corrected chi connectivity index (χ4v) is 4.41. The molecule has 1 aliphatic carbocycles. The number of nitrogens with zero attached hydrogens (tertiary/aromatic N) is 4. The van der Waals surface area contributed by atoms with Gasteiger partial charge in [0.25, 0.3) is 0 Å². The molecule has 0 bridgehead atoms. The van der Waals surface area contributed by atoms with E-state index >= 15 is 0 Å². The van der Waals surface area contributed by atoms with Crippen LogP contribution in [0.5, 0.6) is 11.5 Å². The van der Waals surface area contributed by atoms with Crippen molar-refractivity contribution in [3.63, 3.8) is 0 Å². The predicted octanol–water partition coefficient (Wildman–Crippen LogP) is 6.36. The molecule has 0 spiro atoms. The van der Waals surface area contributed by atoms with Crippen molar-refractivity contribution in [1.29, 1.82) is 0 Å². The highest BCUT2D eigenvalue weighted by Crippen LogP contribution is 2.37. The van der Waals surface area contributed by atoms with Gasteiger partial charge in [-0.1, -0.05) is 54.4 Å². The Bertz CT molecular complexity index is 1190. The minimum Gasteiger partial charge on any atom is -0.502 e. The highest BCUT2D eigenvalue weighted by atomic mass is 16.6. The number of phenols is 2. The molecule has 0 saturated heterocycles. The Morgan fingerprint density at radius 2 is 1.08 bits per heavy atom. The lowest BCUT2D eigenvalue weighted by Gasteiger charge is -2.26. The molecule has 1 aliphatic rings. The standard InChI is InChI=1S/C28H36N4O6/c1-27(2,3)19-11-17(25(33)23(13-19)31(35)36)15-29-21-9-7-8-10-22(21)30-16-18-12-20(28(4,5)6)14-24(26(18)34)32(37)38/h11-16,21-22,33-34H,7-10H2,1-6H3. The smallest absolute Gasteiger partial charge is 0.311 e. The van der Waals surface area contributed by atoms with Gasteiger partial charge >= 0.3 is 11.4 Å². The van der Waals surface area contributed by atoms with E-state index in [1.165, 1.54) is 24.6 Å². The molecule has 10 heteroatoms. The number of aliphatic imine (C=N–C) groups is 2. The Kier molecular flexibility index (Phi) is 8.24. The molecule has 2 unspecified atom stereocenters. The molecule has 38 heavy (non-hydrogen) atoms. The van der Waals surface area contributed by atoms with Crippen molar-refractivity contribution >= 4 is 23.8 Å². The second kappa shape index (κ2) is 10.9. The van der Waals surface area contributed by atoms with Crippen LogP contribution in [0, 0.1) is 20.2 Å². The van der Waals surface area contributed by atoms with Gasteiger partial charge in [-0.05, 0) is 46.9 Å². The number of nitro groups is 2. The molecule has 0 aromatic heterocycles. The molecule has 1 saturated carbocycles. The topological polar surface area (TPSA) is 151 Å². The summed E-state index contributed by atoms with van der Waals surface area (Å²) < 4.78 is 0. The van der Waals surface area contributed by atoms with Crippen LogP contribution >= 0.6 is 0 Å². The van der Waals surface area contributed by atoms with Gasteiger partial charge in [0.2, 0.25) is 11.5 Å². The monoisotopic (exact) mass is 524 g/mol. The van der Waals surface area contributed by atoms with Gasteiger partial charge < -0.3 is 10.2 Å². The van der Waals surface area contributed by atoms with Gasteiger partial charge in [-0.3, -0.25) is 30.2 Å². The summed E-state index contributed by atoms with van der Waals surface area (Å²) in [6.07, 6.45) is 6.26. The molecule has 0 radical (unpaired) electrons. The van der Waals surface area contributed by atoms with E-state index in [1.807, 2.05) is 41.5 Å². The SMILES string of the molecule is CC(C)(C)c1cc(C=NC2CCCCC2N=Cc2cc(C(C)(C)C)cc([N+](=O)[O-])c2O)c(O)c([N+](=O)[O-])c1. The molecule has 2 aromatic rings. The third kappa shape index (κ3) is 6.54. The summed E-state index contributed by atoms with van der Waals surface area (Å²) in [5.41, 5.74) is 0.471. The summed E-state index contributed by atoms with van der Waals surface area (Å²) in [4.78, 5) is 31.2. The third-order valence-electron chi connectivity index (χ3n) is 6.87. The van der Waals surface area contributed by atoms with Crippen LogP contribution in [0.15, 0.2) is 34.3 Å². The first-order valence-corrected chi connectivity index (χ1v) is 12.7. The van der Waals surface area contributed by atoms with Crippen LogP contribution < -0.4 is 0 Å². The van der Waals surface area contributed by atoms with Crippen molar-refractivity contribution in [2.75, 3.05) is 0 Å². The van der Waals surface area contributed by atoms with Crippen LogP contribution in [0.1, 0.15) is 89.5 Å². The van der Waals surface area contributed by atoms with E-state index in [9.17, 15) is 30.4 Å². The Morgan fingerprint density at radius 3 is 1.37 bits per heavy atom. The zero-order valence-corrected chi connectivity index (χ0v) is 22.8. The Morgan fingerprint density at radius 1 is 0.737 bits per heavy atom. The fourth-order valence-electron chi connectivity index (χ4n) is 4.41. The summed E-state index contributed by atoms with van der Waals surface area (Å²) >= 11 is 0. The second-order valence-corrected chi connectivity index (χ2v) is 11.9. The summed E-state index contributed by atoms with van der Waals surface area (Å²) in [7, 11) is 0. The third-order valence-corrected chi connectivity index (χ3v) is 6.87. The number of hydrogen-bond donors (Lipinski definition) is 2. The van der Waals surface area contributed by atoms with Crippen molar-refractivity contribution in [2.45, 2.75) is 90.1 Å². The molecule has 0 amide bonds. The van der Waals surface area contributed by atoms with Crippen molar-refractivity contribution in [3.8, 4) is 11.5 Å². The van der Waals surface area contributed by atoms with Crippen molar-refractivity contribution in [1.82, 2.24) is 0 Å². The number of hydrogen-bond acceptors (Lipinski definition) is 8. The zero-order valence-electron chi connectivity index (χ0n) is 22.8. The predicted molar refractivity (Wildman–Crippen MR) is 148 cm³/mol. The maximum Gasteiger partial charge on any atom is 0.311 e. The van der Waals surface area contributed by atoms with Gasteiger partial charge in [0.15, 0.2) is 0 Å². The summed E-state index contributed by atoms with van der Waals surface area (Å²) in [5, 5.41) is 44.1. The van der Waals surface area contributed by atoms with E-state index in [2.05, 4.69) is 9.98 Å². The van der Waals surface area contributed by atoms with Gasteiger partial charge in [-0.25, -0.2) is 0 Å². The molecular weight excluding hydrogens is 488 g/mol. The normalized spacial score (nSPS) is 18.8. The lowest BCUT2D eigenvalue weighted by atomic mass is 9.85. The first-order chi connectivity index (χ1) is 17.6. The van der Waals surface area contributed by atoms with Crippen LogP contribution in [0.4, 0.5) is 11.4 Å². The van der Waals surface area contributed by atoms with E-state index in [4.69, 9.17) is 0 Å². The summed E-state index contributed by atoms with van der Waals surface area (Å²) in [6, 6.07) is 5.69. The maximum absolute atomic E-state index is 11.5. The Hall–Kier alpha value is -3.82. The molecular formula is C28H36N4O6. The molecule has 0 heterocycles. The van der Waals surface area contributed by atoms with Crippen LogP contribution in [-0.4, -0.2) is 44.6 Å². The average Bonchev–Trinajstić information content (AvgIpc) is 2.81. The zero-order chi connectivity index (χ0) is 28.4. The van der Waals surface area contributed by atoms with Crippen LogP contribution in [-0.2, 0) is 10.8 Å². The fraction of sp³-hybridized carbons (Fsp3) is 0.500. The molecule has 10 nitrogen and oxygen atoms in total. The molecule has 1 fully saturated rings. The van der Waals surface area contributed by atoms with Crippen LogP contribution in [0.2, 0.25) is 0 Å². The maximum atomic E-state index is 11.5. The van der Waals surface area contributed by atoms with E-state index in [0.717, 1.165) is 25.7 Å². The van der Waals surface area contributed by atoms with Crippen molar-refractivity contribution in [3.05, 3.63) is 66.7 Å². The van der Waals surface area contributed by atoms with Crippen LogP contribution in [0.25, 0.3) is 0 Å². The quantitative estimate of drug-likeness (QED) is 0.255. The average molecular weight is 525 g/mol. The van der Waals surface area contributed by atoms with Gasteiger partial charge in [0.05, 0.1) is 21.9 Å².